The Bertz CT molecular complexity index is 297. The number of thioether (sulfide) groups is 3. The highest BCUT2D eigenvalue weighted by molar-refractivity contribution is 8.03. The molecule has 4 heteroatoms. The molecule has 94 valence electrons. The summed E-state index contributed by atoms with van der Waals surface area (Å²) in [6, 6.07) is 11.4. The molecule has 0 bridgehead atoms. The Kier molecular flexibility index (Phi) is 6.71. The second kappa shape index (κ2) is 8.35. The van der Waals surface area contributed by atoms with Crippen molar-refractivity contribution in [3.8, 4) is 0 Å². The van der Waals surface area contributed by atoms with E-state index < -0.39 is 0 Å². The fraction of sp³-hybridized carbons (Fsp3) is 0.538. The molecule has 0 atom stereocenters. The van der Waals surface area contributed by atoms with Gasteiger partial charge in [-0.05, 0) is 12.1 Å². The minimum atomic E-state index is 0.712. The molecule has 1 aliphatic rings. The molecule has 2 rings (SSSR count). The van der Waals surface area contributed by atoms with E-state index in [-0.39, 0.29) is 0 Å². The molecule has 0 saturated carbocycles. The quantitative estimate of drug-likeness (QED) is 0.658. The molecular formula is C13H19NS3. The zero-order chi connectivity index (χ0) is 11.8. The molecule has 1 aromatic carbocycles. The Labute approximate surface area is 117 Å². The van der Waals surface area contributed by atoms with Crippen LogP contribution in [0.2, 0.25) is 0 Å². The van der Waals surface area contributed by atoms with Gasteiger partial charge in [0, 0.05) is 46.2 Å². The smallest absolute Gasteiger partial charge is 0.0249 e. The van der Waals surface area contributed by atoms with E-state index in [1.807, 2.05) is 11.8 Å². The van der Waals surface area contributed by atoms with E-state index in [4.69, 9.17) is 0 Å². The summed E-state index contributed by atoms with van der Waals surface area (Å²) in [5.41, 5.74) is 0. The predicted octanol–water partition coefficient (Wildman–Crippen LogP) is 3.22. The van der Waals surface area contributed by atoms with Crippen LogP contribution in [0.4, 0.5) is 0 Å². The second-order valence-electron chi connectivity index (χ2n) is 3.96. The Morgan fingerprint density at radius 1 is 1.12 bits per heavy atom. The summed E-state index contributed by atoms with van der Waals surface area (Å²) in [4.78, 5) is 1.37. The number of benzene rings is 1. The molecule has 0 aromatic heterocycles. The van der Waals surface area contributed by atoms with E-state index in [0.717, 1.165) is 12.3 Å². The van der Waals surface area contributed by atoms with Crippen molar-refractivity contribution in [3.63, 3.8) is 0 Å². The first-order valence-corrected chi connectivity index (χ1v) is 9.31. The molecular weight excluding hydrogens is 266 g/mol. The summed E-state index contributed by atoms with van der Waals surface area (Å²) in [6.45, 7) is 1.12. The molecule has 0 unspecified atom stereocenters. The van der Waals surface area contributed by atoms with E-state index >= 15 is 0 Å². The molecule has 1 aliphatic heterocycles. The fourth-order valence-corrected chi connectivity index (χ4v) is 4.95. The number of nitrogens with one attached hydrogen (secondary N) is 1. The molecule has 17 heavy (non-hydrogen) atoms. The van der Waals surface area contributed by atoms with Crippen molar-refractivity contribution >= 4 is 35.3 Å². The van der Waals surface area contributed by atoms with Crippen molar-refractivity contribution in [3.05, 3.63) is 30.3 Å². The number of hydrogen-bond acceptors (Lipinski definition) is 4. The van der Waals surface area contributed by atoms with Crippen LogP contribution >= 0.6 is 35.3 Å². The lowest BCUT2D eigenvalue weighted by Gasteiger charge is -2.14. The van der Waals surface area contributed by atoms with Gasteiger partial charge in [-0.2, -0.15) is 23.5 Å². The molecule has 0 spiro atoms. The van der Waals surface area contributed by atoms with Gasteiger partial charge < -0.3 is 5.32 Å². The Morgan fingerprint density at radius 3 is 2.53 bits per heavy atom. The molecule has 0 radical (unpaired) electrons. The SMILES string of the molecule is c1ccc(SCCNC2CSCCSC2)cc1. The van der Waals surface area contributed by atoms with E-state index in [1.54, 1.807) is 0 Å². The normalized spacial score (nSPS) is 17.9. The molecule has 0 aliphatic carbocycles. The van der Waals surface area contributed by atoms with E-state index in [9.17, 15) is 0 Å². The van der Waals surface area contributed by atoms with Gasteiger partial charge in [0.1, 0.15) is 0 Å². The molecule has 1 saturated heterocycles. The average Bonchev–Trinajstić information content (AvgIpc) is 2.65. The summed E-state index contributed by atoms with van der Waals surface area (Å²) < 4.78 is 0. The van der Waals surface area contributed by atoms with Gasteiger partial charge in [0.15, 0.2) is 0 Å². The van der Waals surface area contributed by atoms with Gasteiger partial charge in [0.05, 0.1) is 0 Å². The maximum atomic E-state index is 3.67. The lowest BCUT2D eigenvalue weighted by atomic mass is 10.4. The minimum Gasteiger partial charge on any atom is -0.312 e. The van der Waals surface area contributed by atoms with Crippen LogP contribution in [0, 0.1) is 0 Å². The average molecular weight is 286 g/mol. The largest absolute Gasteiger partial charge is 0.312 e. The molecule has 1 heterocycles. The van der Waals surface area contributed by atoms with Gasteiger partial charge in [-0.3, -0.25) is 0 Å². The van der Waals surface area contributed by atoms with Gasteiger partial charge in [0.25, 0.3) is 0 Å². The zero-order valence-electron chi connectivity index (χ0n) is 9.93. The van der Waals surface area contributed by atoms with Gasteiger partial charge >= 0.3 is 0 Å². The first kappa shape index (κ1) is 13.7. The fourth-order valence-electron chi connectivity index (χ4n) is 1.68. The van der Waals surface area contributed by atoms with Crippen LogP contribution in [-0.4, -0.2) is 41.4 Å². The lowest BCUT2D eigenvalue weighted by molar-refractivity contribution is 0.632. The van der Waals surface area contributed by atoms with E-state index in [2.05, 4.69) is 59.2 Å². The van der Waals surface area contributed by atoms with Crippen LogP contribution in [0.15, 0.2) is 35.2 Å². The monoisotopic (exact) mass is 285 g/mol. The molecule has 0 amide bonds. The van der Waals surface area contributed by atoms with Gasteiger partial charge in [-0.25, -0.2) is 0 Å². The zero-order valence-corrected chi connectivity index (χ0v) is 12.4. The molecule has 1 nitrogen and oxygen atoms in total. The highest BCUT2D eigenvalue weighted by Crippen LogP contribution is 2.18. The lowest BCUT2D eigenvalue weighted by Crippen LogP contribution is -2.34. The van der Waals surface area contributed by atoms with Crippen LogP contribution in [0.1, 0.15) is 0 Å². The third kappa shape index (κ3) is 5.60. The van der Waals surface area contributed by atoms with Crippen molar-refractivity contribution in [1.82, 2.24) is 5.32 Å². The summed E-state index contributed by atoms with van der Waals surface area (Å²) in [5, 5.41) is 3.67. The highest BCUT2D eigenvalue weighted by atomic mass is 32.2. The Hall–Kier alpha value is 0.230. The third-order valence-corrected chi connectivity index (χ3v) is 6.09. The second-order valence-corrected chi connectivity index (χ2v) is 7.43. The first-order chi connectivity index (χ1) is 8.45. The van der Waals surface area contributed by atoms with E-state index in [1.165, 1.54) is 27.9 Å². The maximum Gasteiger partial charge on any atom is 0.0249 e. The summed E-state index contributed by atoms with van der Waals surface area (Å²) >= 11 is 6.11. The summed E-state index contributed by atoms with van der Waals surface area (Å²) in [7, 11) is 0. The van der Waals surface area contributed by atoms with Crippen LogP contribution in [-0.2, 0) is 0 Å². The van der Waals surface area contributed by atoms with Crippen molar-refractivity contribution < 1.29 is 0 Å². The van der Waals surface area contributed by atoms with Crippen molar-refractivity contribution in [2.75, 3.05) is 35.3 Å². The summed E-state index contributed by atoms with van der Waals surface area (Å²) in [5.74, 6) is 6.37. The molecule has 1 N–H and O–H groups in total. The highest BCUT2D eigenvalue weighted by Gasteiger charge is 2.11. The van der Waals surface area contributed by atoms with Gasteiger partial charge in [-0.15, -0.1) is 11.8 Å². The van der Waals surface area contributed by atoms with Crippen molar-refractivity contribution in [1.29, 1.82) is 0 Å². The predicted molar refractivity (Wildman–Crippen MR) is 83.6 cm³/mol. The van der Waals surface area contributed by atoms with Crippen LogP contribution < -0.4 is 5.32 Å². The van der Waals surface area contributed by atoms with Crippen molar-refractivity contribution in [2.45, 2.75) is 10.9 Å². The van der Waals surface area contributed by atoms with Crippen LogP contribution in [0.25, 0.3) is 0 Å². The Morgan fingerprint density at radius 2 is 1.82 bits per heavy atom. The standard InChI is InChI=1S/C13H19NS3/c1-2-4-13(5-3-1)17-7-6-14-12-10-15-8-9-16-11-12/h1-5,12,14H,6-11H2. The first-order valence-electron chi connectivity index (χ1n) is 6.02. The maximum absolute atomic E-state index is 3.67. The van der Waals surface area contributed by atoms with Gasteiger partial charge in [0.2, 0.25) is 0 Å². The van der Waals surface area contributed by atoms with Crippen LogP contribution in [0.3, 0.4) is 0 Å². The van der Waals surface area contributed by atoms with Crippen molar-refractivity contribution in [2.24, 2.45) is 0 Å². The topological polar surface area (TPSA) is 12.0 Å². The Balaban J connectivity index is 1.59. The summed E-state index contributed by atoms with van der Waals surface area (Å²) in [6.07, 6.45) is 0. The van der Waals surface area contributed by atoms with E-state index in [0.29, 0.717) is 6.04 Å². The minimum absolute atomic E-state index is 0.712. The number of rotatable bonds is 5. The molecule has 1 fully saturated rings. The molecule has 1 aromatic rings. The van der Waals surface area contributed by atoms with Gasteiger partial charge in [-0.1, -0.05) is 18.2 Å². The van der Waals surface area contributed by atoms with Crippen LogP contribution in [0.5, 0.6) is 0 Å². The third-order valence-electron chi connectivity index (χ3n) is 2.56. The number of hydrogen-bond donors (Lipinski definition) is 1.